The van der Waals surface area contributed by atoms with E-state index in [9.17, 15) is 8.78 Å². The van der Waals surface area contributed by atoms with Crippen molar-refractivity contribution in [3.63, 3.8) is 0 Å². The van der Waals surface area contributed by atoms with Gasteiger partial charge < -0.3 is 0 Å². The molecule has 0 unspecified atom stereocenters. The normalized spacial score (nSPS) is 11.5. The highest BCUT2D eigenvalue weighted by Gasteiger charge is 2.07. The van der Waals surface area contributed by atoms with Crippen LogP contribution in [0.1, 0.15) is 55.4 Å². The molecule has 0 radical (unpaired) electrons. The van der Waals surface area contributed by atoms with Crippen LogP contribution in [0.3, 0.4) is 0 Å². The van der Waals surface area contributed by atoms with Gasteiger partial charge in [0.2, 0.25) is 0 Å². The third kappa shape index (κ3) is 5.06. The zero-order valence-corrected chi connectivity index (χ0v) is 14.2. The molecule has 24 heavy (non-hydrogen) atoms. The lowest BCUT2D eigenvalue weighted by Crippen LogP contribution is -1.85. The summed E-state index contributed by atoms with van der Waals surface area (Å²) in [5.41, 5.74) is 3.29. The third-order valence-corrected chi connectivity index (χ3v) is 3.69. The Bertz CT molecular complexity index is 741. The lowest BCUT2D eigenvalue weighted by Gasteiger charge is -2.01. The molecule has 0 aliphatic rings. The van der Waals surface area contributed by atoms with Gasteiger partial charge in [-0.3, -0.25) is 0 Å². The van der Waals surface area contributed by atoms with Crippen LogP contribution in [0.2, 0.25) is 0 Å². The number of halogens is 2. The number of rotatable bonds is 5. The monoisotopic (exact) mass is 324 g/mol. The summed E-state index contributed by atoms with van der Waals surface area (Å²) in [7, 11) is 0. The van der Waals surface area contributed by atoms with Crippen LogP contribution in [0.15, 0.2) is 54.4 Å². The maximum atomic E-state index is 13.9. The first-order valence-corrected chi connectivity index (χ1v) is 8.39. The smallest absolute Gasteiger partial charge is 0.161 e. The van der Waals surface area contributed by atoms with Gasteiger partial charge in [0.05, 0.1) is 0 Å². The Balaban J connectivity index is 2.11. The summed E-state index contributed by atoms with van der Waals surface area (Å²) in [5.74, 6) is 4.68. The number of aryl methyl sites for hydroxylation is 1. The predicted molar refractivity (Wildman–Crippen MR) is 96.9 cm³/mol. The predicted octanol–water partition coefficient (Wildman–Crippen LogP) is 6.45. The molecule has 0 atom stereocenters. The van der Waals surface area contributed by atoms with Crippen molar-refractivity contribution in [2.24, 2.45) is 0 Å². The summed E-state index contributed by atoms with van der Waals surface area (Å²) in [6.07, 6.45) is 2.91. The van der Waals surface area contributed by atoms with Crippen molar-refractivity contribution in [1.29, 1.82) is 0 Å². The van der Waals surface area contributed by atoms with Crippen molar-refractivity contribution in [1.82, 2.24) is 0 Å². The molecule has 2 rings (SSSR count). The molecule has 2 aromatic rings. The Kier molecular flexibility index (Phi) is 6.75. The second-order valence-corrected chi connectivity index (χ2v) is 5.74. The van der Waals surface area contributed by atoms with E-state index in [2.05, 4.69) is 30.9 Å². The van der Waals surface area contributed by atoms with Crippen molar-refractivity contribution in [3.05, 3.63) is 76.6 Å². The van der Waals surface area contributed by atoms with Crippen molar-refractivity contribution < 1.29 is 8.78 Å². The molecule has 0 amide bonds. The maximum absolute atomic E-state index is 13.9. The van der Waals surface area contributed by atoms with Gasteiger partial charge in [-0.05, 0) is 42.7 Å². The van der Waals surface area contributed by atoms with E-state index in [1.807, 2.05) is 19.1 Å². The standard InChI is InChI=1S/C22H22F2/c1-3-5-17-7-9-18(10-8-17)11-12-19-13-15-20(16-14-19)22(24)21(23)6-4-2/h7-10,13-16H,3-6H2,1-2H3/b22-21-. The fraction of sp³-hybridized carbons (Fsp3) is 0.273. The summed E-state index contributed by atoms with van der Waals surface area (Å²) in [6, 6.07) is 14.8. The molecular formula is C22H22F2. The first-order valence-electron chi connectivity index (χ1n) is 8.39. The summed E-state index contributed by atoms with van der Waals surface area (Å²) in [4.78, 5) is 0. The number of allylic oxidation sites excluding steroid dienone is 1. The van der Waals surface area contributed by atoms with E-state index in [4.69, 9.17) is 0 Å². The van der Waals surface area contributed by atoms with Crippen LogP contribution < -0.4 is 0 Å². The number of benzene rings is 2. The molecule has 2 heteroatoms. The molecule has 124 valence electrons. The Morgan fingerprint density at radius 3 is 1.83 bits per heavy atom. The molecular weight excluding hydrogens is 302 g/mol. The average molecular weight is 324 g/mol. The van der Waals surface area contributed by atoms with Crippen molar-refractivity contribution in [2.75, 3.05) is 0 Å². The van der Waals surface area contributed by atoms with Crippen LogP contribution in [0.4, 0.5) is 8.78 Å². The minimum absolute atomic E-state index is 0.126. The Labute approximate surface area is 143 Å². The van der Waals surface area contributed by atoms with Crippen LogP contribution in [0.5, 0.6) is 0 Å². The quantitative estimate of drug-likeness (QED) is 0.555. The third-order valence-electron chi connectivity index (χ3n) is 3.69. The minimum atomic E-state index is -0.775. The van der Waals surface area contributed by atoms with Gasteiger partial charge in [-0.15, -0.1) is 0 Å². The van der Waals surface area contributed by atoms with E-state index in [0.717, 1.165) is 24.0 Å². The molecule has 2 aromatic carbocycles. The van der Waals surface area contributed by atoms with E-state index in [0.29, 0.717) is 6.42 Å². The summed E-state index contributed by atoms with van der Waals surface area (Å²) in [6.45, 7) is 3.98. The van der Waals surface area contributed by atoms with Gasteiger partial charge in [0.1, 0.15) is 5.83 Å². The van der Waals surface area contributed by atoms with Gasteiger partial charge in [-0.25, -0.2) is 8.78 Å². The van der Waals surface area contributed by atoms with Crippen LogP contribution >= 0.6 is 0 Å². The fourth-order valence-electron chi connectivity index (χ4n) is 2.37. The van der Waals surface area contributed by atoms with E-state index >= 15 is 0 Å². The molecule has 0 fully saturated rings. The van der Waals surface area contributed by atoms with Crippen LogP contribution in [-0.4, -0.2) is 0 Å². The molecule has 0 aliphatic heterocycles. The van der Waals surface area contributed by atoms with Crippen molar-refractivity contribution >= 4 is 5.83 Å². The molecule has 0 bridgehead atoms. The minimum Gasteiger partial charge on any atom is -0.209 e. The summed E-state index contributed by atoms with van der Waals surface area (Å²) < 4.78 is 27.4. The SMILES string of the molecule is CCC/C(F)=C(/F)c1ccc(C#Cc2ccc(CCC)cc2)cc1. The molecule has 0 N–H and O–H groups in total. The first-order chi connectivity index (χ1) is 11.6. The van der Waals surface area contributed by atoms with Crippen molar-refractivity contribution in [3.8, 4) is 11.8 Å². The summed E-state index contributed by atoms with van der Waals surface area (Å²) in [5, 5.41) is 0. The Hall–Kier alpha value is -2.40. The topological polar surface area (TPSA) is 0 Å². The zero-order chi connectivity index (χ0) is 17.4. The molecule has 0 saturated heterocycles. The van der Waals surface area contributed by atoms with Gasteiger partial charge in [-0.2, -0.15) is 0 Å². The Morgan fingerprint density at radius 2 is 1.33 bits per heavy atom. The largest absolute Gasteiger partial charge is 0.209 e. The number of hydrogen-bond donors (Lipinski definition) is 0. The average Bonchev–Trinajstić information content (AvgIpc) is 2.61. The van der Waals surface area contributed by atoms with Gasteiger partial charge >= 0.3 is 0 Å². The Morgan fingerprint density at radius 1 is 0.792 bits per heavy atom. The molecule has 0 heterocycles. The number of hydrogen-bond acceptors (Lipinski definition) is 0. The van der Waals surface area contributed by atoms with Gasteiger partial charge in [0, 0.05) is 23.1 Å². The molecule has 0 aliphatic carbocycles. The van der Waals surface area contributed by atoms with Crippen LogP contribution in [0, 0.1) is 11.8 Å². The lowest BCUT2D eigenvalue weighted by atomic mass is 10.1. The fourth-order valence-corrected chi connectivity index (χ4v) is 2.37. The van der Waals surface area contributed by atoms with Crippen LogP contribution in [0.25, 0.3) is 5.83 Å². The molecule has 0 nitrogen and oxygen atoms in total. The highest BCUT2D eigenvalue weighted by atomic mass is 19.2. The van der Waals surface area contributed by atoms with Gasteiger partial charge in [0.15, 0.2) is 5.83 Å². The van der Waals surface area contributed by atoms with Gasteiger partial charge in [0.25, 0.3) is 0 Å². The van der Waals surface area contributed by atoms with E-state index < -0.39 is 11.7 Å². The van der Waals surface area contributed by atoms with Crippen molar-refractivity contribution in [2.45, 2.75) is 39.5 Å². The zero-order valence-electron chi connectivity index (χ0n) is 14.2. The second kappa shape index (κ2) is 9.03. The van der Waals surface area contributed by atoms with E-state index in [1.54, 1.807) is 24.3 Å². The maximum Gasteiger partial charge on any atom is 0.161 e. The highest BCUT2D eigenvalue weighted by Crippen LogP contribution is 2.24. The molecule has 0 aromatic heterocycles. The van der Waals surface area contributed by atoms with E-state index in [-0.39, 0.29) is 12.0 Å². The highest BCUT2D eigenvalue weighted by molar-refractivity contribution is 5.62. The molecule has 0 spiro atoms. The van der Waals surface area contributed by atoms with Gasteiger partial charge in [-0.1, -0.05) is 56.4 Å². The first kappa shape index (κ1) is 17.9. The van der Waals surface area contributed by atoms with E-state index in [1.165, 1.54) is 5.56 Å². The molecule has 0 saturated carbocycles. The van der Waals surface area contributed by atoms with Crippen LogP contribution in [-0.2, 0) is 6.42 Å². The second-order valence-electron chi connectivity index (χ2n) is 5.74. The summed E-state index contributed by atoms with van der Waals surface area (Å²) >= 11 is 0. The lowest BCUT2D eigenvalue weighted by molar-refractivity contribution is 0.559.